The number of nitrogen functional groups attached to an aromatic ring is 1. The molecule has 1 aliphatic rings. The van der Waals surface area contributed by atoms with Crippen molar-refractivity contribution in [3.63, 3.8) is 0 Å². The lowest BCUT2D eigenvalue weighted by molar-refractivity contribution is -0.129. The zero-order valence-electron chi connectivity index (χ0n) is 10.8. The predicted octanol–water partition coefficient (Wildman–Crippen LogP) is 1.61. The standard InChI is InChI=1S/C14H15ClN4O/c15-13(19-4-2-11(16)14(19)20)10-5-9-7-18-3-1-8(9)6-12(10)17/h1,3,5-7,11,13H,2,4,16-17H2/t11-,13?/m0/s1. The number of carbonyl (C=O) groups is 1. The fourth-order valence-corrected chi connectivity index (χ4v) is 2.88. The van der Waals surface area contributed by atoms with Crippen LogP contribution >= 0.6 is 11.6 Å². The minimum Gasteiger partial charge on any atom is -0.398 e. The smallest absolute Gasteiger partial charge is 0.241 e. The van der Waals surface area contributed by atoms with E-state index in [1.807, 2.05) is 18.2 Å². The Morgan fingerprint density at radius 2 is 2.20 bits per heavy atom. The number of nitrogens with two attached hydrogens (primary N) is 2. The Hall–Kier alpha value is -1.85. The lowest BCUT2D eigenvalue weighted by Gasteiger charge is -2.24. The Morgan fingerprint density at radius 1 is 1.40 bits per heavy atom. The molecular formula is C14H15ClN4O. The van der Waals surface area contributed by atoms with Crippen molar-refractivity contribution in [2.45, 2.75) is 18.0 Å². The molecule has 3 rings (SSSR count). The Balaban J connectivity index is 2.01. The number of alkyl halides is 1. The molecule has 2 heterocycles. The number of carbonyl (C=O) groups excluding carboxylic acids is 1. The van der Waals surface area contributed by atoms with Crippen molar-refractivity contribution in [1.29, 1.82) is 0 Å². The third-order valence-corrected chi connectivity index (χ3v) is 4.12. The highest BCUT2D eigenvalue weighted by molar-refractivity contribution is 6.22. The minimum atomic E-state index is -0.597. The normalized spacial score (nSPS) is 20.6. The molecule has 2 atom stereocenters. The summed E-state index contributed by atoms with van der Waals surface area (Å²) >= 11 is 6.43. The van der Waals surface area contributed by atoms with Gasteiger partial charge in [0.2, 0.25) is 5.91 Å². The second kappa shape index (κ2) is 4.92. The van der Waals surface area contributed by atoms with Gasteiger partial charge in [0.15, 0.2) is 0 Å². The average Bonchev–Trinajstić information content (AvgIpc) is 2.77. The molecule has 4 N–H and O–H groups in total. The van der Waals surface area contributed by atoms with Crippen LogP contribution in [0.1, 0.15) is 17.5 Å². The van der Waals surface area contributed by atoms with E-state index in [4.69, 9.17) is 23.1 Å². The van der Waals surface area contributed by atoms with E-state index < -0.39 is 11.5 Å². The first kappa shape index (κ1) is 13.1. The Labute approximate surface area is 121 Å². The monoisotopic (exact) mass is 290 g/mol. The van der Waals surface area contributed by atoms with E-state index in [0.717, 1.165) is 16.3 Å². The number of fused-ring (bicyclic) bond motifs is 1. The third kappa shape index (κ3) is 2.09. The van der Waals surface area contributed by atoms with E-state index in [9.17, 15) is 4.79 Å². The summed E-state index contributed by atoms with van der Waals surface area (Å²) in [4.78, 5) is 17.6. The zero-order chi connectivity index (χ0) is 14.3. The van der Waals surface area contributed by atoms with Crippen LogP contribution in [0.25, 0.3) is 10.8 Å². The van der Waals surface area contributed by atoms with Crippen molar-refractivity contribution in [2.24, 2.45) is 5.73 Å². The number of amides is 1. The second-order valence-electron chi connectivity index (χ2n) is 4.97. The van der Waals surface area contributed by atoms with Gasteiger partial charge in [-0.05, 0) is 30.0 Å². The van der Waals surface area contributed by atoms with E-state index in [2.05, 4.69) is 4.98 Å². The molecule has 0 spiro atoms. The molecule has 1 saturated heterocycles. The number of nitrogens with zero attached hydrogens (tertiary/aromatic N) is 2. The Morgan fingerprint density at radius 3 is 2.90 bits per heavy atom. The molecule has 1 aromatic carbocycles. The average molecular weight is 291 g/mol. The third-order valence-electron chi connectivity index (χ3n) is 3.65. The second-order valence-corrected chi connectivity index (χ2v) is 5.38. The first-order valence-electron chi connectivity index (χ1n) is 6.41. The van der Waals surface area contributed by atoms with Gasteiger partial charge in [-0.1, -0.05) is 11.6 Å². The molecule has 1 aromatic heterocycles. The fourth-order valence-electron chi connectivity index (χ4n) is 2.50. The van der Waals surface area contributed by atoms with Gasteiger partial charge in [0.25, 0.3) is 0 Å². The first-order chi connectivity index (χ1) is 9.58. The maximum atomic E-state index is 12.0. The number of likely N-dealkylation sites (tertiary alicyclic amines) is 1. The van der Waals surface area contributed by atoms with Crippen LogP contribution in [0.2, 0.25) is 0 Å². The summed E-state index contributed by atoms with van der Waals surface area (Å²) in [5.41, 5.74) is 12.5. The molecular weight excluding hydrogens is 276 g/mol. The number of benzene rings is 1. The summed E-state index contributed by atoms with van der Waals surface area (Å²) in [6.45, 7) is 0.554. The number of rotatable bonds is 2. The first-order valence-corrected chi connectivity index (χ1v) is 6.85. The van der Waals surface area contributed by atoms with Crippen LogP contribution < -0.4 is 11.5 Å². The molecule has 1 fully saturated rings. The summed E-state index contributed by atoms with van der Waals surface area (Å²) in [5.74, 6) is -0.129. The number of anilines is 1. The molecule has 1 amide bonds. The van der Waals surface area contributed by atoms with Crippen LogP contribution in [-0.2, 0) is 4.79 Å². The van der Waals surface area contributed by atoms with Crippen LogP contribution in [-0.4, -0.2) is 28.4 Å². The molecule has 6 heteroatoms. The molecule has 0 saturated carbocycles. The summed E-state index contributed by atoms with van der Waals surface area (Å²) in [6, 6.07) is 5.16. The summed E-state index contributed by atoms with van der Waals surface area (Å²) in [7, 11) is 0. The van der Waals surface area contributed by atoms with Gasteiger partial charge < -0.3 is 16.4 Å². The number of hydrogen-bond donors (Lipinski definition) is 2. The fraction of sp³-hybridized carbons (Fsp3) is 0.286. The van der Waals surface area contributed by atoms with E-state index in [0.29, 0.717) is 18.7 Å². The SMILES string of the molecule is Nc1cc2ccncc2cc1C(Cl)N1CC[C@H](N)C1=O. The van der Waals surface area contributed by atoms with Gasteiger partial charge in [0, 0.05) is 35.6 Å². The maximum Gasteiger partial charge on any atom is 0.241 e. The lowest BCUT2D eigenvalue weighted by atomic mass is 10.1. The number of pyridine rings is 1. The molecule has 2 aromatic rings. The van der Waals surface area contributed by atoms with Gasteiger partial charge >= 0.3 is 0 Å². The van der Waals surface area contributed by atoms with Crippen LogP contribution in [0.5, 0.6) is 0 Å². The minimum absolute atomic E-state index is 0.129. The highest BCUT2D eigenvalue weighted by atomic mass is 35.5. The Kier molecular flexibility index (Phi) is 3.23. The van der Waals surface area contributed by atoms with E-state index >= 15 is 0 Å². The highest BCUT2D eigenvalue weighted by Crippen LogP contribution is 2.34. The molecule has 1 unspecified atom stereocenters. The van der Waals surface area contributed by atoms with Gasteiger partial charge in [-0.3, -0.25) is 9.78 Å². The van der Waals surface area contributed by atoms with Gasteiger partial charge in [-0.2, -0.15) is 0 Å². The van der Waals surface area contributed by atoms with Gasteiger partial charge in [0.1, 0.15) is 5.50 Å². The van der Waals surface area contributed by atoms with Gasteiger partial charge in [0.05, 0.1) is 6.04 Å². The van der Waals surface area contributed by atoms with Crippen LogP contribution in [0.3, 0.4) is 0 Å². The van der Waals surface area contributed by atoms with Crippen LogP contribution in [0, 0.1) is 0 Å². The number of aromatic nitrogens is 1. The summed E-state index contributed by atoms with van der Waals surface area (Å²) < 4.78 is 0. The van der Waals surface area contributed by atoms with Crippen molar-refractivity contribution >= 4 is 34.0 Å². The van der Waals surface area contributed by atoms with Crippen LogP contribution in [0.4, 0.5) is 5.69 Å². The predicted molar refractivity (Wildman–Crippen MR) is 79.1 cm³/mol. The maximum absolute atomic E-state index is 12.0. The van der Waals surface area contributed by atoms with Crippen LogP contribution in [0.15, 0.2) is 30.6 Å². The number of halogens is 1. The molecule has 0 radical (unpaired) electrons. The summed E-state index contributed by atoms with van der Waals surface area (Å²) in [6.07, 6.45) is 4.08. The summed E-state index contributed by atoms with van der Waals surface area (Å²) in [5, 5.41) is 1.94. The van der Waals surface area contributed by atoms with Crippen molar-refractivity contribution in [2.75, 3.05) is 12.3 Å². The van der Waals surface area contributed by atoms with E-state index in [-0.39, 0.29) is 5.91 Å². The zero-order valence-corrected chi connectivity index (χ0v) is 11.5. The molecule has 20 heavy (non-hydrogen) atoms. The van der Waals surface area contributed by atoms with Crippen molar-refractivity contribution in [3.8, 4) is 0 Å². The van der Waals surface area contributed by atoms with Gasteiger partial charge in [-0.25, -0.2) is 0 Å². The van der Waals surface area contributed by atoms with E-state index in [1.165, 1.54) is 0 Å². The highest BCUT2D eigenvalue weighted by Gasteiger charge is 2.34. The molecule has 104 valence electrons. The molecule has 0 bridgehead atoms. The molecule has 0 aliphatic carbocycles. The largest absolute Gasteiger partial charge is 0.398 e. The molecule has 5 nitrogen and oxygen atoms in total. The number of hydrogen-bond acceptors (Lipinski definition) is 4. The van der Waals surface area contributed by atoms with E-state index in [1.54, 1.807) is 17.3 Å². The molecule has 1 aliphatic heterocycles. The Bertz CT molecular complexity index is 675. The van der Waals surface area contributed by atoms with Gasteiger partial charge in [-0.15, -0.1) is 0 Å². The topological polar surface area (TPSA) is 85.2 Å². The van der Waals surface area contributed by atoms with Crippen molar-refractivity contribution in [3.05, 3.63) is 36.2 Å². The quantitative estimate of drug-likeness (QED) is 0.500. The van der Waals surface area contributed by atoms with Crippen molar-refractivity contribution < 1.29 is 4.79 Å². The lowest BCUT2D eigenvalue weighted by Crippen LogP contribution is -2.35. The van der Waals surface area contributed by atoms with Crippen molar-refractivity contribution in [1.82, 2.24) is 9.88 Å².